The molecule has 2 aromatic rings. The van der Waals surface area contributed by atoms with E-state index in [1.54, 1.807) is 32.2 Å². The molecule has 1 unspecified atom stereocenters. The summed E-state index contributed by atoms with van der Waals surface area (Å²) in [6.07, 6.45) is 2.33. The van der Waals surface area contributed by atoms with Crippen molar-refractivity contribution in [2.24, 2.45) is 0 Å². The lowest BCUT2D eigenvalue weighted by molar-refractivity contribution is 0.413. The van der Waals surface area contributed by atoms with E-state index in [-0.39, 0.29) is 10.2 Å². The van der Waals surface area contributed by atoms with Gasteiger partial charge in [-0.1, -0.05) is 12.1 Å². The van der Waals surface area contributed by atoms with Crippen molar-refractivity contribution in [2.45, 2.75) is 17.9 Å². The maximum Gasteiger partial charge on any atom is 0.244 e. The van der Waals surface area contributed by atoms with Crippen LogP contribution in [-0.2, 0) is 10.0 Å². The fourth-order valence-corrected chi connectivity index (χ4v) is 2.94. The summed E-state index contributed by atoms with van der Waals surface area (Å²) >= 11 is 5.55. The van der Waals surface area contributed by atoms with Gasteiger partial charge < -0.3 is 4.74 Å². The van der Waals surface area contributed by atoms with Crippen LogP contribution in [0.25, 0.3) is 0 Å². The third-order valence-corrected chi connectivity index (χ3v) is 4.52. The molecule has 0 aliphatic carbocycles. The molecule has 0 fully saturated rings. The normalized spacial score (nSPS) is 12.9. The number of ether oxygens (including phenoxy) is 1. The zero-order valence-corrected chi connectivity index (χ0v) is 13.0. The van der Waals surface area contributed by atoms with Crippen LogP contribution in [0.5, 0.6) is 5.75 Å². The van der Waals surface area contributed by atoms with Crippen molar-refractivity contribution < 1.29 is 13.2 Å². The smallest absolute Gasteiger partial charge is 0.244 e. The number of hydrogen-bond donors (Lipinski definition) is 1. The van der Waals surface area contributed by atoms with Gasteiger partial charge in [0.05, 0.1) is 19.5 Å². The van der Waals surface area contributed by atoms with Crippen LogP contribution in [0.3, 0.4) is 0 Å². The molecule has 0 amide bonds. The van der Waals surface area contributed by atoms with Gasteiger partial charge in [0.25, 0.3) is 0 Å². The number of nitrogens with zero attached hydrogens (tertiary/aromatic N) is 2. The average molecular weight is 328 g/mol. The Morgan fingerprint density at radius 3 is 2.57 bits per heavy atom. The van der Waals surface area contributed by atoms with Crippen molar-refractivity contribution >= 4 is 21.6 Å². The van der Waals surface area contributed by atoms with E-state index in [4.69, 9.17) is 16.3 Å². The van der Waals surface area contributed by atoms with E-state index in [0.29, 0.717) is 5.75 Å². The van der Waals surface area contributed by atoms with Crippen molar-refractivity contribution in [3.8, 4) is 5.75 Å². The highest BCUT2D eigenvalue weighted by Crippen LogP contribution is 2.20. The van der Waals surface area contributed by atoms with Gasteiger partial charge in [-0.25, -0.2) is 23.1 Å². The SMILES string of the molecule is COc1cccc(C(C)NS(=O)(=O)c2cnc(Cl)nc2)c1. The van der Waals surface area contributed by atoms with Gasteiger partial charge >= 0.3 is 0 Å². The van der Waals surface area contributed by atoms with Crippen molar-refractivity contribution in [3.05, 3.63) is 47.5 Å². The van der Waals surface area contributed by atoms with E-state index in [1.165, 1.54) is 0 Å². The van der Waals surface area contributed by atoms with Crippen LogP contribution in [0.4, 0.5) is 0 Å². The lowest BCUT2D eigenvalue weighted by Gasteiger charge is -2.15. The minimum absolute atomic E-state index is 0.00482. The number of halogens is 1. The molecule has 0 radical (unpaired) electrons. The number of methoxy groups -OCH3 is 1. The van der Waals surface area contributed by atoms with E-state index in [0.717, 1.165) is 18.0 Å². The monoisotopic (exact) mass is 327 g/mol. The van der Waals surface area contributed by atoms with Crippen molar-refractivity contribution in [2.75, 3.05) is 7.11 Å². The first kappa shape index (κ1) is 15.7. The van der Waals surface area contributed by atoms with Crippen molar-refractivity contribution in [3.63, 3.8) is 0 Å². The molecule has 1 atom stereocenters. The third kappa shape index (κ3) is 3.90. The van der Waals surface area contributed by atoms with E-state index in [2.05, 4.69) is 14.7 Å². The Kier molecular flexibility index (Phi) is 4.76. The first-order valence-corrected chi connectivity index (χ1v) is 7.92. The fourth-order valence-electron chi connectivity index (χ4n) is 1.72. The van der Waals surface area contributed by atoms with Gasteiger partial charge in [0.2, 0.25) is 15.3 Å². The molecule has 0 aliphatic rings. The summed E-state index contributed by atoms with van der Waals surface area (Å²) < 4.78 is 32.1. The summed E-state index contributed by atoms with van der Waals surface area (Å²) in [5.41, 5.74) is 0.785. The molecule has 0 spiro atoms. The maximum atomic E-state index is 12.2. The van der Waals surface area contributed by atoms with Crippen LogP contribution in [0.15, 0.2) is 41.6 Å². The number of benzene rings is 1. The average Bonchev–Trinajstić information content (AvgIpc) is 2.47. The molecule has 0 saturated heterocycles. The van der Waals surface area contributed by atoms with Gasteiger partial charge in [0.1, 0.15) is 10.6 Å². The number of nitrogens with one attached hydrogen (secondary N) is 1. The minimum atomic E-state index is -3.72. The second-order valence-electron chi connectivity index (χ2n) is 4.31. The fraction of sp³-hybridized carbons (Fsp3) is 0.231. The van der Waals surface area contributed by atoms with Crippen LogP contribution < -0.4 is 9.46 Å². The molecule has 0 bridgehead atoms. The number of hydrogen-bond acceptors (Lipinski definition) is 5. The Labute approximate surface area is 128 Å². The van der Waals surface area contributed by atoms with Crippen LogP contribution >= 0.6 is 11.6 Å². The molecular weight excluding hydrogens is 314 g/mol. The quantitative estimate of drug-likeness (QED) is 0.851. The molecule has 112 valence electrons. The van der Waals surface area contributed by atoms with Gasteiger partial charge in [-0.3, -0.25) is 0 Å². The highest BCUT2D eigenvalue weighted by atomic mass is 35.5. The summed E-state index contributed by atoms with van der Waals surface area (Å²) in [4.78, 5) is 7.30. The molecule has 1 aromatic carbocycles. The summed E-state index contributed by atoms with van der Waals surface area (Å²) in [5.74, 6) is 0.661. The highest BCUT2D eigenvalue weighted by Gasteiger charge is 2.19. The Morgan fingerprint density at radius 2 is 1.95 bits per heavy atom. The summed E-state index contributed by atoms with van der Waals surface area (Å²) in [6.45, 7) is 1.74. The maximum absolute atomic E-state index is 12.2. The molecule has 21 heavy (non-hydrogen) atoms. The molecule has 1 N–H and O–H groups in total. The van der Waals surface area contributed by atoms with Crippen LogP contribution in [0.2, 0.25) is 5.28 Å². The Bertz CT molecular complexity index is 720. The van der Waals surface area contributed by atoms with Gasteiger partial charge in [-0.15, -0.1) is 0 Å². The largest absolute Gasteiger partial charge is 0.497 e. The predicted molar refractivity (Wildman–Crippen MR) is 78.8 cm³/mol. The Morgan fingerprint density at radius 1 is 1.29 bits per heavy atom. The highest BCUT2D eigenvalue weighted by molar-refractivity contribution is 7.89. The molecular formula is C13H14ClN3O3S. The molecule has 2 rings (SSSR count). The predicted octanol–water partition coefficient (Wildman–Crippen LogP) is 2.18. The molecule has 1 aromatic heterocycles. The van der Waals surface area contributed by atoms with Gasteiger partial charge in [0, 0.05) is 6.04 Å². The molecule has 8 heteroatoms. The van der Waals surface area contributed by atoms with Gasteiger partial charge in [0.15, 0.2) is 0 Å². The lowest BCUT2D eigenvalue weighted by Crippen LogP contribution is -2.27. The molecule has 0 aliphatic heterocycles. The van der Waals surface area contributed by atoms with E-state index in [9.17, 15) is 8.42 Å². The zero-order valence-electron chi connectivity index (χ0n) is 11.4. The summed E-state index contributed by atoms with van der Waals surface area (Å²) in [5, 5.41) is -0.00482. The topological polar surface area (TPSA) is 81.2 Å². The van der Waals surface area contributed by atoms with Gasteiger partial charge in [-0.2, -0.15) is 0 Å². The second-order valence-corrected chi connectivity index (χ2v) is 6.36. The third-order valence-electron chi connectivity index (χ3n) is 2.83. The Hall–Kier alpha value is -1.70. The first-order valence-electron chi connectivity index (χ1n) is 6.06. The van der Waals surface area contributed by atoms with Gasteiger partial charge in [-0.05, 0) is 36.2 Å². The standard InChI is InChI=1S/C13H14ClN3O3S/c1-9(10-4-3-5-11(6-10)20-2)17-21(18,19)12-7-15-13(14)16-8-12/h3-9,17H,1-2H3. The number of aromatic nitrogens is 2. The van der Waals surface area contributed by atoms with E-state index in [1.807, 2.05) is 6.07 Å². The minimum Gasteiger partial charge on any atom is -0.497 e. The van der Waals surface area contributed by atoms with Crippen molar-refractivity contribution in [1.29, 1.82) is 0 Å². The summed E-state index contributed by atoms with van der Waals surface area (Å²) in [6, 6.07) is 6.74. The van der Waals surface area contributed by atoms with Crippen LogP contribution in [-0.4, -0.2) is 25.5 Å². The van der Waals surface area contributed by atoms with Crippen LogP contribution in [0, 0.1) is 0 Å². The van der Waals surface area contributed by atoms with Crippen LogP contribution in [0.1, 0.15) is 18.5 Å². The summed E-state index contributed by atoms with van der Waals surface area (Å²) in [7, 11) is -2.16. The second kappa shape index (κ2) is 6.38. The first-order chi connectivity index (χ1) is 9.92. The Balaban J connectivity index is 2.21. The zero-order chi connectivity index (χ0) is 15.5. The number of rotatable bonds is 5. The lowest BCUT2D eigenvalue weighted by atomic mass is 10.1. The molecule has 6 nitrogen and oxygen atoms in total. The molecule has 1 heterocycles. The van der Waals surface area contributed by atoms with E-state index >= 15 is 0 Å². The molecule has 0 saturated carbocycles. The van der Waals surface area contributed by atoms with E-state index < -0.39 is 16.1 Å². The van der Waals surface area contributed by atoms with Crippen molar-refractivity contribution in [1.82, 2.24) is 14.7 Å². The number of sulfonamides is 1.